The van der Waals surface area contributed by atoms with Crippen LogP contribution in [0.25, 0.3) is 0 Å². The third kappa shape index (κ3) is 5.84. The summed E-state index contributed by atoms with van der Waals surface area (Å²) in [5, 5.41) is 6.18. The van der Waals surface area contributed by atoms with Gasteiger partial charge < -0.3 is 15.4 Å². The van der Waals surface area contributed by atoms with Crippen molar-refractivity contribution in [1.29, 1.82) is 0 Å². The number of carbonyl (C=O) groups is 1. The van der Waals surface area contributed by atoms with Gasteiger partial charge in [0.25, 0.3) is 0 Å². The van der Waals surface area contributed by atoms with Crippen LogP contribution in [0.15, 0.2) is 66.9 Å². The van der Waals surface area contributed by atoms with Gasteiger partial charge in [-0.3, -0.25) is 4.79 Å². The summed E-state index contributed by atoms with van der Waals surface area (Å²) < 4.78 is 5.24. The number of pyridine rings is 1. The van der Waals surface area contributed by atoms with Crippen LogP contribution in [0.1, 0.15) is 16.7 Å². The summed E-state index contributed by atoms with van der Waals surface area (Å²) in [6.07, 6.45) is 2.89. The van der Waals surface area contributed by atoms with E-state index in [0.717, 1.165) is 35.7 Å². The van der Waals surface area contributed by atoms with E-state index in [1.807, 2.05) is 61.5 Å². The molecule has 0 unspecified atom stereocenters. The number of anilines is 2. The van der Waals surface area contributed by atoms with Gasteiger partial charge in [-0.2, -0.15) is 0 Å². The number of amides is 1. The number of nitrogens with one attached hydrogen (secondary N) is 2. The maximum absolute atomic E-state index is 12.2. The molecule has 0 radical (unpaired) electrons. The van der Waals surface area contributed by atoms with Gasteiger partial charge in [0.05, 0.1) is 25.4 Å². The molecule has 0 aliphatic rings. The zero-order chi connectivity index (χ0) is 19.8. The maximum atomic E-state index is 12.2. The van der Waals surface area contributed by atoms with Crippen molar-refractivity contribution in [3.05, 3.63) is 83.6 Å². The SMILES string of the molecule is COc1cccc(CCNc2ccc(NC(=O)Cc3cccc(C)c3)cn2)c1. The standard InChI is InChI=1S/C23H25N3O2/c1-17-5-3-7-19(13-17)15-23(27)26-20-9-10-22(25-16-20)24-12-11-18-6-4-8-21(14-18)28-2/h3-10,13-14,16H,11-12,15H2,1-2H3,(H,24,25)(H,26,27). The molecule has 0 aliphatic heterocycles. The average molecular weight is 375 g/mol. The first-order chi connectivity index (χ1) is 13.6. The zero-order valence-electron chi connectivity index (χ0n) is 16.2. The van der Waals surface area contributed by atoms with Crippen molar-refractivity contribution >= 4 is 17.4 Å². The lowest BCUT2D eigenvalue weighted by molar-refractivity contribution is -0.115. The Balaban J connectivity index is 1.47. The molecule has 0 aliphatic carbocycles. The molecule has 5 heteroatoms. The minimum atomic E-state index is -0.0499. The number of hydrogen-bond donors (Lipinski definition) is 2. The summed E-state index contributed by atoms with van der Waals surface area (Å²) in [6.45, 7) is 2.78. The topological polar surface area (TPSA) is 63.2 Å². The fourth-order valence-electron chi connectivity index (χ4n) is 2.95. The lowest BCUT2D eigenvalue weighted by Crippen LogP contribution is -2.14. The molecule has 0 atom stereocenters. The Morgan fingerprint density at radius 3 is 2.61 bits per heavy atom. The highest BCUT2D eigenvalue weighted by atomic mass is 16.5. The van der Waals surface area contributed by atoms with Crippen LogP contribution in [-0.4, -0.2) is 24.5 Å². The summed E-state index contributed by atoms with van der Waals surface area (Å²) in [5.74, 6) is 1.59. The minimum absolute atomic E-state index is 0.0499. The first kappa shape index (κ1) is 19.4. The van der Waals surface area contributed by atoms with Crippen LogP contribution >= 0.6 is 0 Å². The highest BCUT2D eigenvalue weighted by Gasteiger charge is 2.05. The number of ether oxygens (including phenoxy) is 1. The van der Waals surface area contributed by atoms with Crippen molar-refractivity contribution in [3.63, 3.8) is 0 Å². The van der Waals surface area contributed by atoms with Crippen LogP contribution in [0.2, 0.25) is 0 Å². The van der Waals surface area contributed by atoms with Crippen molar-refractivity contribution in [3.8, 4) is 5.75 Å². The Labute approximate surface area is 165 Å². The van der Waals surface area contributed by atoms with Gasteiger partial charge in [-0.05, 0) is 48.7 Å². The Hall–Kier alpha value is -3.34. The smallest absolute Gasteiger partial charge is 0.228 e. The van der Waals surface area contributed by atoms with Crippen LogP contribution in [-0.2, 0) is 17.6 Å². The maximum Gasteiger partial charge on any atom is 0.228 e. The fraction of sp³-hybridized carbons (Fsp3) is 0.217. The molecule has 0 saturated carbocycles. The number of methoxy groups -OCH3 is 1. The van der Waals surface area contributed by atoms with E-state index in [1.165, 1.54) is 5.56 Å². The molecule has 1 heterocycles. The minimum Gasteiger partial charge on any atom is -0.497 e. The van der Waals surface area contributed by atoms with Crippen molar-refractivity contribution in [2.45, 2.75) is 19.8 Å². The molecule has 1 aromatic heterocycles. The van der Waals surface area contributed by atoms with E-state index in [-0.39, 0.29) is 5.91 Å². The number of hydrogen-bond acceptors (Lipinski definition) is 4. The Kier molecular flexibility index (Phi) is 6.63. The van der Waals surface area contributed by atoms with E-state index < -0.39 is 0 Å². The number of aromatic nitrogens is 1. The third-order valence-electron chi connectivity index (χ3n) is 4.35. The van der Waals surface area contributed by atoms with E-state index in [4.69, 9.17) is 4.74 Å². The molecular weight excluding hydrogens is 350 g/mol. The second-order valence-electron chi connectivity index (χ2n) is 6.67. The lowest BCUT2D eigenvalue weighted by atomic mass is 10.1. The predicted octanol–water partition coefficient (Wildman–Crippen LogP) is 4.23. The van der Waals surface area contributed by atoms with E-state index in [2.05, 4.69) is 21.7 Å². The molecule has 0 bridgehead atoms. The number of aryl methyl sites for hydroxylation is 1. The molecule has 1 amide bonds. The molecule has 0 spiro atoms. The van der Waals surface area contributed by atoms with E-state index >= 15 is 0 Å². The third-order valence-corrected chi connectivity index (χ3v) is 4.35. The number of benzene rings is 2. The summed E-state index contributed by atoms with van der Waals surface area (Å²) in [7, 11) is 1.67. The van der Waals surface area contributed by atoms with Crippen LogP contribution in [0.5, 0.6) is 5.75 Å². The van der Waals surface area contributed by atoms with Crippen LogP contribution in [0.3, 0.4) is 0 Å². The van der Waals surface area contributed by atoms with E-state index in [9.17, 15) is 4.79 Å². The molecule has 5 nitrogen and oxygen atoms in total. The van der Waals surface area contributed by atoms with Crippen molar-refractivity contribution in [1.82, 2.24) is 4.98 Å². The van der Waals surface area contributed by atoms with Crippen LogP contribution < -0.4 is 15.4 Å². The molecule has 2 N–H and O–H groups in total. The second kappa shape index (κ2) is 9.55. The van der Waals surface area contributed by atoms with Gasteiger partial charge in [0.1, 0.15) is 11.6 Å². The second-order valence-corrected chi connectivity index (χ2v) is 6.67. The number of rotatable bonds is 8. The number of nitrogens with zero attached hydrogens (tertiary/aromatic N) is 1. The van der Waals surface area contributed by atoms with E-state index in [0.29, 0.717) is 12.1 Å². The normalized spacial score (nSPS) is 10.4. The van der Waals surface area contributed by atoms with Gasteiger partial charge >= 0.3 is 0 Å². The molecule has 0 fully saturated rings. The predicted molar refractivity (Wildman–Crippen MR) is 113 cm³/mol. The van der Waals surface area contributed by atoms with Gasteiger partial charge in [0.15, 0.2) is 0 Å². The fourth-order valence-corrected chi connectivity index (χ4v) is 2.95. The van der Waals surface area contributed by atoms with Crippen LogP contribution in [0, 0.1) is 6.92 Å². The zero-order valence-corrected chi connectivity index (χ0v) is 16.2. The van der Waals surface area contributed by atoms with Crippen molar-refractivity contribution in [2.24, 2.45) is 0 Å². The van der Waals surface area contributed by atoms with Crippen LogP contribution in [0.4, 0.5) is 11.5 Å². The van der Waals surface area contributed by atoms with E-state index in [1.54, 1.807) is 13.3 Å². The number of carbonyl (C=O) groups excluding carboxylic acids is 1. The van der Waals surface area contributed by atoms with Gasteiger partial charge in [-0.15, -0.1) is 0 Å². The summed E-state index contributed by atoms with van der Waals surface area (Å²) in [4.78, 5) is 16.6. The quantitative estimate of drug-likeness (QED) is 0.618. The first-order valence-corrected chi connectivity index (χ1v) is 9.30. The molecule has 144 valence electrons. The summed E-state index contributed by atoms with van der Waals surface area (Å²) >= 11 is 0. The van der Waals surface area contributed by atoms with Crippen molar-refractivity contribution < 1.29 is 9.53 Å². The van der Waals surface area contributed by atoms with Gasteiger partial charge in [-0.1, -0.05) is 42.0 Å². The highest BCUT2D eigenvalue weighted by molar-refractivity contribution is 5.92. The Morgan fingerprint density at radius 2 is 1.86 bits per heavy atom. The average Bonchev–Trinajstić information content (AvgIpc) is 2.69. The van der Waals surface area contributed by atoms with Gasteiger partial charge in [0, 0.05) is 6.54 Å². The monoisotopic (exact) mass is 375 g/mol. The Morgan fingerprint density at radius 1 is 1.04 bits per heavy atom. The molecule has 3 rings (SSSR count). The summed E-state index contributed by atoms with van der Waals surface area (Å²) in [6, 6.07) is 19.7. The summed E-state index contributed by atoms with van der Waals surface area (Å²) in [5.41, 5.74) is 4.04. The van der Waals surface area contributed by atoms with Gasteiger partial charge in [-0.25, -0.2) is 4.98 Å². The molecule has 2 aromatic carbocycles. The molecule has 28 heavy (non-hydrogen) atoms. The largest absolute Gasteiger partial charge is 0.497 e. The van der Waals surface area contributed by atoms with Crippen molar-refractivity contribution in [2.75, 3.05) is 24.3 Å². The lowest BCUT2D eigenvalue weighted by Gasteiger charge is -2.09. The first-order valence-electron chi connectivity index (χ1n) is 9.30. The molecule has 3 aromatic rings. The highest BCUT2D eigenvalue weighted by Crippen LogP contribution is 2.14. The molecule has 0 saturated heterocycles. The van der Waals surface area contributed by atoms with Gasteiger partial charge in [0.2, 0.25) is 5.91 Å². The Bertz CT molecular complexity index is 923. The molecular formula is C23H25N3O2.